The van der Waals surface area contributed by atoms with Crippen molar-refractivity contribution in [3.63, 3.8) is 0 Å². The number of carbonyl (C=O) groups is 1. The lowest BCUT2D eigenvalue weighted by Gasteiger charge is -2.37. The number of imidazole rings is 1. The van der Waals surface area contributed by atoms with E-state index in [1.54, 1.807) is 7.11 Å². The monoisotopic (exact) mass is 492 g/mol. The van der Waals surface area contributed by atoms with E-state index in [9.17, 15) is 4.79 Å². The lowest BCUT2D eigenvalue weighted by molar-refractivity contribution is 0.132. The molecule has 1 aliphatic heterocycles. The Morgan fingerprint density at radius 2 is 2.06 bits per heavy atom. The minimum Gasteiger partial charge on any atom is -0.383 e. The Balaban J connectivity index is 1.66. The normalized spacial score (nSPS) is 15.5. The summed E-state index contributed by atoms with van der Waals surface area (Å²) < 4.78 is 5.29. The van der Waals surface area contributed by atoms with Crippen molar-refractivity contribution in [3.05, 3.63) is 58.9 Å². The molecule has 4 rings (SSSR count). The number of urea groups is 1. The number of amides is 2. The van der Waals surface area contributed by atoms with Crippen LogP contribution in [0.5, 0.6) is 0 Å². The first-order valence-corrected chi connectivity index (χ1v) is 13.1. The van der Waals surface area contributed by atoms with E-state index in [4.69, 9.17) is 15.5 Å². The molecule has 36 heavy (non-hydrogen) atoms. The van der Waals surface area contributed by atoms with Gasteiger partial charge in [-0.15, -0.1) is 0 Å². The summed E-state index contributed by atoms with van der Waals surface area (Å²) in [5.41, 5.74) is 12.3. The second-order valence-electron chi connectivity index (χ2n) is 9.96. The third-order valence-corrected chi connectivity index (χ3v) is 6.87. The number of hydrogen-bond donors (Lipinski definition) is 4. The summed E-state index contributed by atoms with van der Waals surface area (Å²) in [5, 5.41) is 6.55. The summed E-state index contributed by atoms with van der Waals surface area (Å²) in [7, 11) is 1.66. The Kier molecular flexibility index (Phi) is 8.96. The van der Waals surface area contributed by atoms with E-state index in [0.29, 0.717) is 32.0 Å². The van der Waals surface area contributed by atoms with Crippen molar-refractivity contribution in [2.24, 2.45) is 11.7 Å². The Labute approximate surface area is 214 Å². The number of aromatic nitrogens is 2. The maximum Gasteiger partial charge on any atom is 0.322 e. The van der Waals surface area contributed by atoms with Gasteiger partial charge in [0.05, 0.1) is 23.7 Å². The molecule has 0 saturated heterocycles. The molecule has 1 aromatic heterocycles. The molecule has 1 aliphatic rings. The molecule has 8 nitrogen and oxygen atoms in total. The zero-order valence-electron chi connectivity index (χ0n) is 21.8. The standard InChI is InChI=1S/C28H40N6O2/c1-19(2)9-11-21-20(18-30-14-6-13-29)10-12-24-27(21)33-26(31-24)17-25-22-7-4-5-8-23(22)32-28(35)34(25)15-16-36-3/h4-5,7-8,10,12,19,25,30H,6,9,11,13-18,29H2,1-3H3,(H,31,33)(H,32,35). The van der Waals surface area contributed by atoms with Crippen molar-refractivity contribution >= 4 is 22.8 Å². The molecular formula is C28H40N6O2. The number of carbonyl (C=O) groups excluding carboxylic acids is 1. The van der Waals surface area contributed by atoms with Crippen molar-refractivity contribution in [2.75, 3.05) is 38.7 Å². The van der Waals surface area contributed by atoms with Gasteiger partial charge in [0.2, 0.25) is 0 Å². The summed E-state index contributed by atoms with van der Waals surface area (Å²) in [6, 6.07) is 12.1. The molecule has 0 aliphatic carbocycles. The van der Waals surface area contributed by atoms with Gasteiger partial charge < -0.3 is 31.0 Å². The Morgan fingerprint density at radius 1 is 1.22 bits per heavy atom. The van der Waals surface area contributed by atoms with Gasteiger partial charge in [-0.05, 0) is 67.1 Å². The Bertz CT molecular complexity index is 1160. The molecule has 0 fully saturated rings. The van der Waals surface area contributed by atoms with E-state index in [1.807, 2.05) is 23.1 Å². The van der Waals surface area contributed by atoms with Crippen molar-refractivity contribution < 1.29 is 9.53 Å². The van der Waals surface area contributed by atoms with E-state index in [0.717, 1.165) is 60.5 Å². The van der Waals surface area contributed by atoms with Crippen molar-refractivity contribution in [3.8, 4) is 0 Å². The lowest BCUT2D eigenvalue weighted by Crippen LogP contribution is -2.44. The number of benzene rings is 2. The van der Waals surface area contributed by atoms with Crippen LogP contribution in [0.3, 0.4) is 0 Å². The Hall–Kier alpha value is -2.94. The van der Waals surface area contributed by atoms with E-state index < -0.39 is 0 Å². The van der Waals surface area contributed by atoms with Crippen LogP contribution in [0.4, 0.5) is 10.5 Å². The van der Waals surface area contributed by atoms with Gasteiger partial charge in [0.25, 0.3) is 0 Å². The van der Waals surface area contributed by atoms with Gasteiger partial charge in [-0.3, -0.25) is 0 Å². The van der Waals surface area contributed by atoms with Crippen LogP contribution in [-0.2, 0) is 24.1 Å². The smallest absolute Gasteiger partial charge is 0.322 e. The predicted molar refractivity (Wildman–Crippen MR) is 145 cm³/mol. The molecule has 3 aromatic rings. The summed E-state index contributed by atoms with van der Waals surface area (Å²) in [4.78, 5) is 23.5. The Morgan fingerprint density at radius 3 is 2.83 bits per heavy atom. The fraction of sp³-hybridized carbons (Fsp3) is 0.500. The first-order valence-electron chi connectivity index (χ1n) is 13.1. The number of nitrogens with one attached hydrogen (secondary N) is 3. The third kappa shape index (κ3) is 6.06. The second-order valence-corrected chi connectivity index (χ2v) is 9.96. The van der Waals surface area contributed by atoms with E-state index in [1.165, 1.54) is 11.1 Å². The lowest BCUT2D eigenvalue weighted by atomic mass is 9.97. The van der Waals surface area contributed by atoms with Gasteiger partial charge in [-0.2, -0.15) is 0 Å². The van der Waals surface area contributed by atoms with Gasteiger partial charge in [0, 0.05) is 32.3 Å². The molecule has 1 atom stereocenters. The summed E-state index contributed by atoms with van der Waals surface area (Å²) >= 11 is 0. The quantitative estimate of drug-likeness (QED) is 0.265. The van der Waals surface area contributed by atoms with E-state index in [-0.39, 0.29) is 12.1 Å². The predicted octanol–water partition coefficient (Wildman–Crippen LogP) is 4.37. The molecule has 0 radical (unpaired) electrons. The van der Waals surface area contributed by atoms with Crippen molar-refractivity contribution in [1.82, 2.24) is 20.2 Å². The summed E-state index contributed by atoms with van der Waals surface area (Å²) in [6.07, 6.45) is 3.67. The molecule has 5 N–H and O–H groups in total. The first kappa shape index (κ1) is 26.1. The number of anilines is 1. The van der Waals surface area contributed by atoms with Gasteiger partial charge >= 0.3 is 6.03 Å². The van der Waals surface area contributed by atoms with Crippen LogP contribution in [0.15, 0.2) is 36.4 Å². The molecule has 194 valence electrons. The topological polar surface area (TPSA) is 108 Å². The number of nitrogens with zero attached hydrogens (tertiary/aromatic N) is 2. The molecule has 2 heterocycles. The van der Waals surface area contributed by atoms with Crippen LogP contribution in [0.1, 0.15) is 55.2 Å². The van der Waals surface area contributed by atoms with Gasteiger partial charge in [-0.25, -0.2) is 9.78 Å². The SMILES string of the molecule is COCCN1C(=O)Nc2ccccc2C1Cc1nc2c(CCC(C)C)c(CNCCCN)ccc2[nH]1. The number of aromatic amines is 1. The molecule has 0 spiro atoms. The highest BCUT2D eigenvalue weighted by molar-refractivity contribution is 5.93. The number of nitrogens with two attached hydrogens (primary N) is 1. The minimum atomic E-state index is -0.123. The second kappa shape index (κ2) is 12.3. The average molecular weight is 493 g/mol. The summed E-state index contributed by atoms with van der Waals surface area (Å²) in [5.74, 6) is 1.50. The number of ether oxygens (including phenoxy) is 1. The number of para-hydroxylation sites is 1. The number of fused-ring (bicyclic) bond motifs is 2. The van der Waals surface area contributed by atoms with E-state index >= 15 is 0 Å². The van der Waals surface area contributed by atoms with Crippen LogP contribution in [0.25, 0.3) is 11.0 Å². The van der Waals surface area contributed by atoms with Gasteiger partial charge in [-0.1, -0.05) is 38.1 Å². The largest absolute Gasteiger partial charge is 0.383 e. The number of rotatable bonds is 13. The highest BCUT2D eigenvalue weighted by Gasteiger charge is 2.32. The number of aryl methyl sites for hydroxylation is 1. The molecular weight excluding hydrogens is 452 g/mol. The zero-order chi connectivity index (χ0) is 25.5. The maximum atomic E-state index is 12.9. The molecule has 0 bridgehead atoms. The molecule has 1 unspecified atom stereocenters. The first-order chi connectivity index (χ1) is 17.5. The van der Waals surface area contributed by atoms with Crippen LogP contribution in [0.2, 0.25) is 0 Å². The van der Waals surface area contributed by atoms with Crippen LogP contribution < -0.4 is 16.4 Å². The number of hydrogen-bond acceptors (Lipinski definition) is 5. The van der Waals surface area contributed by atoms with Gasteiger partial charge in [0.15, 0.2) is 0 Å². The molecule has 2 amide bonds. The summed E-state index contributed by atoms with van der Waals surface area (Å²) in [6.45, 7) is 7.92. The number of methoxy groups -OCH3 is 1. The average Bonchev–Trinajstić information content (AvgIpc) is 3.28. The van der Waals surface area contributed by atoms with Crippen LogP contribution in [-0.4, -0.2) is 54.2 Å². The molecule has 0 saturated carbocycles. The van der Waals surface area contributed by atoms with E-state index in [2.05, 4.69) is 47.7 Å². The van der Waals surface area contributed by atoms with Crippen molar-refractivity contribution in [2.45, 2.75) is 52.1 Å². The number of H-pyrrole nitrogens is 1. The minimum absolute atomic E-state index is 0.102. The zero-order valence-corrected chi connectivity index (χ0v) is 21.8. The maximum absolute atomic E-state index is 12.9. The van der Waals surface area contributed by atoms with Crippen LogP contribution >= 0.6 is 0 Å². The highest BCUT2D eigenvalue weighted by Crippen LogP contribution is 2.35. The van der Waals surface area contributed by atoms with Crippen molar-refractivity contribution in [1.29, 1.82) is 0 Å². The fourth-order valence-electron chi connectivity index (χ4n) is 4.90. The van der Waals surface area contributed by atoms with Gasteiger partial charge in [0.1, 0.15) is 5.82 Å². The highest BCUT2D eigenvalue weighted by atomic mass is 16.5. The third-order valence-electron chi connectivity index (χ3n) is 6.87. The van der Waals surface area contributed by atoms with Crippen LogP contribution in [0, 0.1) is 5.92 Å². The molecule has 2 aromatic carbocycles. The fourth-order valence-corrected chi connectivity index (χ4v) is 4.90. The molecule has 8 heteroatoms.